The Hall–Kier alpha value is -3.96. The number of esters is 2. The predicted molar refractivity (Wildman–Crippen MR) is 174 cm³/mol. The molecule has 0 spiro atoms. The van der Waals surface area contributed by atoms with Crippen LogP contribution in [0.4, 0.5) is 0 Å². The van der Waals surface area contributed by atoms with Crippen LogP contribution in [0.3, 0.4) is 0 Å². The molecule has 3 N–H and O–H groups in total. The molecule has 15 nitrogen and oxygen atoms in total. The lowest BCUT2D eigenvalue weighted by atomic mass is 9.94. The quantitative estimate of drug-likeness (QED) is 0.225. The highest BCUT2D eigenvalue weighted by Crippen LogP contribution is 2.33. The van der Waals surface area contributed by atoms with Crippen molar-refractivity contribution in [2.24, 2.45) is 0 Å². The molecule has 15 heteroatoms. The van der Waals surface area contributed by atoms with Crippen molar-refractivity contribution >= 4 is 23.8 Å². The lowest BCUT2D eigenvalue weighted by Gasteiger charge is -2.49. The summed E-state index contributed by atoms with van der Waals surface area (Å²) in [6.07, 6.45) is -9.65. The maximum Gasteiger partial charge on any atom is 0.303 e. The van der Waals surface area contributed by atoms with Crippen LogP contribution in [0.15, 0.2) is 60.7 Å². The van der Waals surface area contributed by atoms with Gasteiger partial charge in [0.15, 0.2) is 24.8 Å². The molecule has 0 unspecified atom stereocenters. The third-order valence-corrected chi connectivity index (χ3v) is 8.01. The molecular formula is C35H46N2O13. The van der Waals surface area contributed by atoms with Crippen LogP contribution in [0.5, 0.6) is 0 Å². The number of amides is 2. The minimum Gasteiger partial charge on any atom is -0.457 e. The zero-order valence-corrected chi connectivity index (χ0v) is 28.7. The van der Waals surface area contributed by atoms with Gasteiger partial charge in [0.2, 0.25) is 11.8 Å². The van der Waals surface area contributed by atoms with Gasteiger partial charge in [-0.15, -0.1) is 0 Å². The highest BCUT2D eigenvalue weighted by molar-refractivity contribution is 5.74. The van der Waals surface area contributed by atoms with Crippen LogP contribution in [0.1, 0.15) is 38.8 Å². The fourth-order valence-corrected chi connectivity index (χ4v) is 5.99. The molecule has 0 aliphatic carbocycles. The second-order valence-electron chi connectivity index (χ2n) is 12.0. The van der Waals surface area contributed by atoms with Gasteiger partial charge in [-0.1, -0.05) is 60.7 Å². The Bertz CT molecular complexity index is 1400. The van der Waals surface area contributed by atoms with Gasteiger partial charge in [0.1, 0.15) is 36.5 Å². The zero-order chi connectivity index (χ0) is 36.2. The zero-order valence-electron chi connectivity index (χ0n) is 28.7. The monoisotopic (exact) mass is 702 g/mol. The molecule has 274 valence electrons. The van der Waals surface area contributed by atoms with Crippen molar-refractivity contribution < 1.29 is 62.2 Å². The number of rotatable bonds is 15. The van der Waals surface area contributed by atoms with E-state index < -0.39 is 85.0 Å². The van der Waals surface area contributed by atoms with E-state index >= 15 is 0 Å². The van der Waals surface area contributed by atoms with Gasteiger partial charge >= 0.3 is 11.9 Å². The minimum absolute atomic E-state index is 0.0385. The van der Waals surface area contributed by atoms with Crippen LogP contribution in [0.25, 0.3) is 0 Å². The molecule has 2 aromatic carbocycles. The molecule has 4 rings (SSSR count). The molecule has 2 aliphatic heterocycles. The molecule has 2 amide bonds. The second-order valence-corrected chi connectivity index (χ2v) is 12.0. The molecule has 2 saturated heterocycles. The van der Waals surface area contributed by atoms with Crippen molar-refractivity contribution in [1.29, 1.82) is 0 Å². The number of nitrogens with one attached hydrogen (secondary N) is 2. The van der Waals surface area contributed by atoms with Gasteiger partial charge in [0.05, 0.1) is 26.4 Å². The lowest BCUT2D eigenvalue weighted by Crippen LogP contribution is -2.70. The average molecular weight is 703 g/mol. The summed E-state index contributed by atoms with van der Waals surface area (Å²) in [5.74, 6) is -2.42. The van der Waals surface area contributed by atoms with E-state index in [1.165, 1.54) is 34.8 Å². The van der Waals surface area contributed by atoms with Gasteiger partial charge in [0.25, 0.3) is 0 Å². The summed E-state index contributed by atoms with van der Waals surface area (Å²) in [4.78, 5) is 49.5. The highest BCUT2D eigenvalue weighted by atomic mass is 16.7. The third-order valence-electron chi connectivity index (χ3n) is 8.01. The minimum atomic E-state index is -1.63. The largest absolute Gasteiger partial charge is 0.457 e. The first-order valence-electron chi connectivity index (χ1n) is 16.3. The van der Waals surface area contributed by atoms with E-state index in [2.05, 4.69) is 10.6 Å². The molecule has 2 heterocycles. The number of hydrogen-bond donors (Lipinski definition) is 3. The van der Waals surface area contributed by atoms with Gasteiger partial charge in [-0.3, -0.25) is 19.2 Å². The Kier molecular flexibility index (Phi) is 14.7. The number of carbonyl (C=O) groups is 4. The van der Waals surface area contributed by atoms with Crippen LogP contribution >= 0.6 is 0 Å². The van der Waals surface area contributed by atoms with Gasteiger partial charge < -0.3 is 53.6 Å². The van der Waals surface area contributed by atoms with E-state index in [0.29, 0.717) is 0 Å². The van der Waals surface area contributed by atoms with Crippen LogP contribution < -0.4 is 10.6 Å². The van der Waals surface area contributed by atoms with Crippen molar-refractivity contribution in [2.45, 2.75) is 102 Å². The number of benzene rings is 2. The first kappa shape index (κ1) is 38.8. The highest BCUT2D eigenvalue weighted by Gasteiger charge is 2.54. The summed E-state index contributed by atoms with van der Waals surface area (Å²) in [5.41, 5.74) is 1.77. The summed E-state index contributed by atoms with van der Waals surface area (Å²) >= 11 is 0. The van der Waals surface area contributed by atoms with E-state index in [1.54, 1.807) is 0 Å². The van der Waals surface area contributed by atoms with Crippen LogP contribution in [0.2, 0.25) is 0 Å². The smallest absolute Gasteiger partial charge is 0.303 e. The summed E-state index contributed by atoms with van der Waals surface area (Å²) in [5, 5.41) is 16.3. The predicted octanol–water partition coefficient (Wildman–Crippen LogP) is 1.14. The number of methoxy groups -OCH3 is 1. The molecule has 2 fully saturated rings. The first-order valence-corrected chi connectivity index (χ1v) is 16.3. The molecule has 0 saturated carbocycles. The summed E-state index contributed by atoms with van der Waals surface area (Å²) in [7, 11) is 1.41. The van der Waals surface area contributed by atoms with Crippen molar-refractivity contribution in [3.63, 3.8) is 0 Å². The summed E-state index contributed by atoms with van der Waals surface area (Å²) < 4.78 is 47.9. The maximum atomic E-state index is 12.5. The van der Waals surface area contributed by atoms with Crippen LogP contribution in [-0.2, 0) is 70.3 Å². The Labute approximate surface area is 290 Å². The van der Waals surface area contributed by atoms with Gasteiger partial charge in [-0.2, -0.15) is 0 Å². The molecule has 0 radical (unpaired) electrons. The Morgan fingerprint density at radius 3 is 1.58 bits per heavy atom. The lowest BCUT2D eigenvalue weighted by molar-refractivity contribution is -0.332. The maximum absolute atomic E-state index is 12.5. The number of aliphatic hydroxyl groups is 1. The number of hydrogen-bond acceptors (Lipinski definition) is 13. The average Bonchev–Trinajstić information content (AvgIpc) is 3.06. The Morgan fingerprint density at radius 2 is 1.12 bits per heavy atom. The number of ether oxygens (including phenoxy) is 8. The topological polar surface area (TPSA) is 186 Å². The van der Waals surface area contributed by atoms with Crippen LogP contribution in [0, 0.1) is 0 Å². The fourth-order valence-electron chi connectivity index (χ4n) is 5.99. The standard InChI is InChI=1S/C35H46N2O13/c1-20(38)36-28-32(46-22(3)40)31(27(48-34(28)42)19-45-17-25-14-10-7-11-15-25)50-35-29(37-21(2)39)33(47-23(4)41)30(43-5)26(49-35)18-44-16-24-12-8-6-9-13-24/h6-15,26-35,42H,16-19H2,1-5H3,(H,36,38)(H,37,39)/t26-,27-,28-,29-,30+,31+,32-,33-,34+,35-/m1/s1. The van der Waals surface area contributed by atoms with Gasteiger partial charge in [-0.25, -0.2) is 0 Å². The normalized spacial score (nSPS) is 29.4. The van der Waals surface area contributed by atoms with E-state index in [1.807, 2.05) is 60.7 Å². The molecule has 0 aromatic heterocycles. The third kappa shape index (κ3) is 11.0. The Balaban J connectivity index is 1.68. The van der Waals surface area contributed by atoms with E-state index in [-0.39, 0.29) is 26.4 Å². The van der Waals surface area contributed by atoms with Crippen molar-refractivity contribution in [1.82, 2.24) is 10.6 Å². The van der Waals surface area contributed by atoms with E-state index in [4.69, 9.17) is 37.9 Å². The second kappa shape index (κ2) is 18.9. The molecule has 0 bridgehead atoms. The van der Waals surface area contributed by atoms with Gasteiger partial charge in [0, 0.05) is 34.8 Å². The van der Waals surface area contributed by atoms with Crippen molar-refractivity contribution in [3.8, 4) is 0 Å². The molecule has 2 aliphatic rings. The molecule has 10 atom stereocenters. The molecule has 2 aromatic rings. The Morgan fingerprint density at radius 1 is 0.660 bits per heavy atom. The first-order chi connectivity index (χ1) is 24.0. The molecular weight excluding hydrogens is 656 g/mol. The van der Waals surface area contributed by atoms with Crippen molar-refractivity contribution in [2.75, 3.05) is 20.3 Å². The van der Waals surface area contributed by atoms with E-state index in [9.17, 15) is 24.3 Å². The summed E-state index contributed by atoms with van der Waals surface area (Å²) in [6, 6.07) is 16.3. The van der Waals surface area contributed by atoms with Crippen LogP contribution in [-0.4, -0.2) is 110 Å². The SMILES string of the molecule is CO[C@@H]1[C@H](OC(C)=O)[C@@H](NC(C)=O)[C@@H](O[C@@H]2[C@H](OC(C)=O)[C@@H](NC(C)=O)[C@@H](O)O[C@@H]2COCc2ccccc2)O[C@@H]1COCc1ccccc1. The molecule has 50 heavy (non-hydrogen) atoms. The van der Waals surface area contributed by atoms with Crippen molar-refractivity contribution in [3.05, 3.63) is 71.8 Å². The number of carbonyl (C=O) groups excluding carboxylic acids is 4. The summed E-state index contributed by atoms with van der Waals surface area (Å²) in [6.45, 7) is 5.10. The number of aliphatic hydroxyl groups excluding tert-OH is 1. The van der Waals surface area contributed by atoms with E-state index in [0.717, 1.165) is 11.1 Å². The van der Waals surface area contributed by atoms with Gasteiger partial charge in [-0.05, 0) is 11.1 Å². The fraction of sp³-hybridized carbons (Fsp3) is 0.543.